The summed E-state index contributed by atoms with van der Waals surface area (Å²) in [7, 11) is -1.23. The lowest BCUT2D eigenvalue weighted by Gasteiger charge is -2.27. The molecule has 162 valence electrons. The summed E-state index contributed by atoms with van der Waals surface area (Å²) in [6.07, 6.45) is 4.58. The molecular formula is C20H30N2O6S. The first kappa shape index (κ1) is 23.2. The predicted molar refractivity (Wildman–Crippen MR) is 108 cm³/mol. The maximum Gasteiger partial charge on any atom is 0.331 e. The van der Waals surface area contributed by atoms with Gasteiger partial charge in [0, 0.05) is 11.6 Å². The van der Waals surface area contributed by atoms with Crippen LogP contribution in [0.4, 0.5) is 0 Å². The van der Waals surface area contributed by atoms with Gasteiger partial charge in [-0.25, -0.2) is 17.9 Å². The quantitative estimate of drug-likeness (QED) is 0.587. The Morgan fingerprint density at radius 3 is 2.41 bits per heavy atom. The molecular weight excluding hydrogens is 396 g/mol. The number of hydrogen-bond donors (Lipinski definition) is 2. The first-order chi connectivity index (χ1) is 13.7. The van der Waals surface area contributed by atoms with Crippen molar-refractivity contribution in [2.75, 3.05) is 14.2 Å². The standard InChI is InChI=1S/C20H30N2O6S/c1-5-12-20(2,19(24)28-4)21-18(23)14-10-11-16(27-3)17(13-14)29(25,26)22-15-8-6-7-9-15/h10-11,13,15,22H,5-9,12H2,1-4H3,(H,21,23). The lowest BCUT2D eigenvalue weighted by atomic mass is 9.95. The lowest BCUT2D eigenvalue weighted by Crippen LogP contribution is -2.52. The van der Waals surface area contributed by atoms with Gasteiger partial charge in [0.2, 0.25) is 10.0 Å². The highest BCUT2D eigenvalue weighted by Crippen LogP contribution is 2.27. The van der Waals surface area contributed by atoms with E-state index in [4.69, 9.17) is 9.47 Å². The Labute approximate surface area is 172 Å². The zero-order valence-electron chi connectivity index (χ0n) is 17.4. The molecule has 1 saturated carbocycles. The second kappa shape index (κ2) is 9.58. The van der Waals surface area contributed by atoms with E-state index in [1.807, 2.05) is 6.92 Å². The van der Waals surface area contributed by atoms with Gasteiger partial charge in [-0.2, -0.15) is 0 Å². The minimum atomic E-state index is -3.86. The zero-order chi connectivity index (χ0) is 21.7. The normalized spacial score (nSPS) is 16.8. The van der Waals surface area contributed by atoms with Crippen LogP contribution in [-0.4, -0.2) is 46.1 Å². The van der Waals surface area contributed by atoms with Crippen molar-refractivity contribution in [3.63, 3.8) is 0 Å². The molecule has 0 aromatic heterocycles. The molecule has 1 atom stereocenters. The number of esters is 1. The highest BCUT2D eigenvalue weighted by Gasteiger charge is 2.36. The van der Waals surface area contributed by atoms with Crippen molar-refractivity contribution >= 4 is 21.9 Å². The number of methoxy groups -OCH3 is 2. The van der Waals surface area contributed by atoms with Gasteiger partial charge in [-0.15, -0.1) is 0 Å². The molecule has 0 spiro atoms. The van der Waals surface area contributed by atoms with Gasteiger partial charge in [-0.1, -0.05) is 26.2 Å². The van der Waals surface area contributed by atoms with Crippen LogP contribution >= 0.6 is 0 Å². The number of nitrogens with one attached hydrogen (secondary N) is 2. The molecule has 1 aromatic carbocycles. The zero-order valence-corrected chi connectivity index (χ0v) is 18.2. The van der Waals surface area contributed by atoms with Crippen LogP contribution in [0.15, 0.2) is 23.1 Å². The maximum atomic E-state index is 12.9. The van der Waals surface area contributed by atoms with Crippen LogP contribution in [0.25, 0.3) is 0 Å². The second-order valence-electron chi connectivity index (χ2n) is 7.50. The van der Waals surface area contributed by atoms with Crippen molar-refractivity contribution < 1.29 is 27.5 Å². The molecule has 9 heteroatoms. The van der Waals surface area contributed by atoms with Crippen molar-refractivity contribution in [2.45, 2.75) is 68.8 Å². The van der Waals surface area contributed by atoms with Gasteiger partial charge < -0.3 is 14.8 Å². The number of rotatable bonds is 9. The molecule has 1 fully saturated rings. The fourth-order valence-corrected chi connectivity index (χ4v) is 5.12. The second-order valence-corrected chi connectivity index (χ2v) is 9.18. The van der Waals surface area contributed by atoms with E-state index in [1.165, 1.54) is 32.4 Å². The number of amides is 1. The molecule has 2 rings (SSSR count). The van der Waals surface area contributed by atoms with Crippen LogP contribution in [0, 0.1) is 0 Å². The van der Waals surface area contributed by atoms with Crippen LogP contribution in [0.5, 0.6) is 5.75 Å². The summed E-state index contributed by atoms with van der Waals surface area (Å²) in [6.45, 7) is 3.48. The van der Waals surface area contributed by atoms with E-state index in [0.717, 1.165) is 25.7 Å². The molecule has 0 saturated heterocycles. The number of benzene rings is 1. The van der Waals surface area contributed by atoms with Crippen molar-refractivity contribution in [1.29, 1.82) is 0 Å². The van der Waals surface area contributed by atoms with Crippen LogP contribution in [-0.2, 0) is 19.6 Å². The van der Waals surface area contributed by atoms with Crippen LogP contribution < -0.4 is 14.8 Å². The highest BCUT2D eigenvalue weighted by molar-refractivity contribution is 7.89. The Kier molecular flexibility index (Phi) is 7.65. The highest BCUT2D eigenvalue weighted by atomic mass is 32.2. The molecule has 0 radical (unpaired) electrons. The van der Waals surface area contributed by atoms with Gasteiger partial charge in [-0.05, 0) is 44.4 Å². The van der Waals surface area contributed by atoms with Crippen LogP contribution in [0.3, 0.4) is 0 Å². The Morgan fingerprint density at radius 2 is 1.86 bits per heavy atom. The molecule has 29 heavy (non-hydrogen) atoms. The third kappa shape index (κ3) is 5.48. The van der Waals surface area contributed by atoms with Gasteiger partial charge in [0.15, 0.2) is 0 Å². The minimum absolute atomic E-state index is 0.102. The van der Waals surface area contributed by atoms with Gasteiger partial charge in [-0.3, -0.25) is 4.79 Å². The molecule has 0 heterocycles. The summed E-state index contributed by atoms with van der Waals surface area (Å²) in [4.78, 5) is 24.8. The molecule has 2 N–H and O–H groups in total. The third-order valence-electron chi connectivity index (χ3n) is 5.17. The average Bonchev–Trinajstić information content (AvgIpc) is 3.19. The number of carbonyl (C=O) groups is 2. The van der Waals surface area contributed by atoms with Gasteiger partial charge in [0.05, 0.1) is 14.2 Å². The van der Waals surface area contributed by atoms with E-state index in [2.05, 4.69) is 10.0 Å². The largest absolute Gasteiger partial charge is 0.495 e. The lowest BCUT2D eigenvalue weighted by molar-refractivity contribution is -0.147. The van der Waals surface area contributed by atoms with Crippen molar-refractivity contribution in [2.24, 2.45) is 0 Å². The van der Waals surface area contributed by atoms with Crippen molar-refractivity contribution in [3.8, 4) is 5.75 Å². The SMILES string of the molecule is CCCC(C)(NC(=O)c1ccc(OC)c(S(=O)(=O)NC2CCCC2)c1)C(=O)OC. The third-order valence-corrected chi connectivity index (χ3v) is 6.71. The van der Waals surface area contributed by atoms with Gasteiger partial charge in [0.1, 0.15) is 16.2 Å². The summed E-state index contributed by atoms with van der Waals surface area (Å²) >= 11 is 0. The van der Waals surface area contributed by atoms with E-state index in [-0.39, 0.29) is 22.3 Å². The van der Waals surface area contributed by atoms with Crippen LogP contribution in [0.1, 0.15) is 62.7 Å². The summed E-state index contributed by atoms with van der Waals surface area (Å²) in [5.74, 6) is -0.973. The predicted octanol–water partition coefficient (Wildman–Crippen LogP) is 2.38. The van der Waals surface area contributed by atoms with E-state index in [0.29, 0.717) is 12.8 Å². The number of hydrogen-bond acceptors (Lipinski definition) is 6. The number of sulfonamides is 1. The number of carbonyl (C=O) groups excluding carboxylic acids is 2. The first-order valence-corrected chi connectivity index (χ1v) is 11.3. The Bertz CT molecular complexity index is 849. The van der Waals surface area contributed by atoms with Crippen LogP contribution in [0.2, 0.25) is 0 Å². The molecule has 1 amide bonds. The van der Waals surface area contributed by atoms with E-state index >= 15 is 0 Å². The molecule has 8 nitrogen and oxygen atoms in total. The Hall–Kier alpha value is -2.13. The summed E-state index contributed by atoms with van der Waals surface area (Å²) in [6, 6.07) is 4.06. The fraction of sp³-hybridized carbons (Fsp3) is 0.600. The summed E-state index contributed by atoms with van der Waals surface area (Å²) in [5.41, 5.74) is -1.09. The maximum absolute atomic E-state index is 12.9. The molecule has 0 bridgehead atoms. The van der Waals surface area contributed by atoms with Gasteiger partial charge >= 0.3 is 5.97 Å². The Balaban J connectivity index is 2.33. The summed E-state index contributed by atoms with van der Waals surface area (Å²) < 4.78 is 38.5. The van der Waals surface area contributed by atoms with E-state index in [1.54, 1.807) is 6.92 Å². The van der Waals surface area contributed by atoms with E-state index < -0.39 is 27.4 Å². The minimum Gasteiger partial charge on any atom is -0.495 e. The van der Waals surface area contributed by atoms with Crippen molar-refractivity contribution in [3.05, 3.63) is 23.8 Å². The van der Waals surface area contributed by atoms with E-state index in [9.17, 15) is 18.0 Å². The first-order valence-electron chi connectivity index (χ1n) is 9.78. The topological polar surface area (TPSA) is 111 Å². The smallest absolute Gasteiger partial charge is 0.331 e. The van der Waals surface area contributed by atoms with Crippen molar-refractivity contribution in [1.82, 2.24) is 10.0 Å². The fourth-order valence-electron chi connectivity index (χ4n) is 3.62. The van der Waals surface area contributed by atoms with Gasteiger partial charge in [0.25, 0.3) is 5.91 Å². The molecule has 0 aliphatic heterocycles. The summed E-state index contributed by atoms with van der Waals surface area (Å²) in [5, 5.41) is 2.68. The molecule has 1 aromatic rings. The Morgan fingerprint density at radius 1 is 1.21 bits per heavy atom. The molecule has 1 aliphatic carbocycles. The number of ether oxygens (including phenoxy) is 2. The molecule has 1 unspecified atom stereocenters. The molecule has 1 aliphatic rings. The average molecular weight is 427 g/mol. The monoisotopic (exact) mass is 426 g/mol.